The Labute approximate surface area is 69.8 Å². The summed E-state index contributed by atoms with van der Waals surface area (Å²) in [4.78, 5) is 0. The van der Waals surface area contributed by atoms with Gasteiger partial charge in [0.05, 0.1) is 6.20 Å². The third-order valence-corrected chi connectivity index (χ3v) is 1.43. The molecule has 0 saturated heterocycles. The van der Waals surface area contributed by atoms with E-state index >= 15 is 0 Å². The Morgan fingerprint density at radius 3 is 2.42 bits per heavy atom. The van der Waals surface area contributed by atoms with Crippen molar-refractivity contribution in [2.45, 2.75) is 0 Å². The maximum atomic E-state index is 4.47. The molecule has 0 aliphatic heterocycles. The molecule has 0 bridgehead atoms. The minimum atomic E-state index is 0. The molecular formula is C8H9N3O. The van der Waals surface area contributed by atoms with E-state index in [9.17, 15) is 0 Å². The lowest BCUT2D eigenvalue weighted by Crippen LogP contribution is -1.73. The zero-order valence-corrected chi connectivity index (χ0v) is 6.47. The van der Waals surface area contributed by atoms with Crippen LogP contribution in [0, 0.1) is 0 Å². The fraction of sp³-hybridized carbons (Fsp3) is 0. The molecule has 3 N–H and O–H groups in total. The van der Waals surface area contributed by atoms with Crippen LogP contribution in [0.3, 0.4) is 0 Å². The largest absolute Gasteiger partial charge is 0.344 e. The monoisotopic (exact) mass is 163 g/mol. The van der Waals surface area contributed by atoms with Gasteiger partial charge in [-0.2, -0.15) is 0 Å². The molecule has 1 heterocycles. The summed E-state index contributed by atoms with van der Waals surface area (Å²) in [6.07, 6.45) is 1.59. The molecule has 1 aromatic carbocycles. The van der Waals surface area contributed by atoms with E-state index in [-0.39, 0.29) is 6.15 Å². The van der Waals surface area contributed by atoms with Crippen molar-refractivity contribution in [3.63, 3.8) is 0 Å². The summed E-state index contributed by atoms with van der Waals surface area (Å²) in [5, 5.41) is 7.21. The molecule has 0 amide bonds. The lowest BCUT2D eigenvalue weighted by molar-refractivity contribution is 0.308. The van der Waals surface area contributed by atoms with Gasteiger partial charge in [0.2, 0.25) is 0 Å². The third kappa shape index (κ3) is 1.49. The Kier molecular flexibility index (Phi) is 2.55. The summed E-state index contributed by atoms with van der Waals surface area (Å²) in [5.74, 6) is 0. The van der Waals surface area contributed by atoms with Crippen LogP contribution in [-0.2, 0) is 0 Å². The quantitative estimate of drug-likeness (QED) is 0.696. The molecule has 0 aliphatic rings. The van der Waals surface area contributed by atoms with Crippen molar-refractivity contribution >= 4 is 0 Å². The molecule has 0 unspecified atom stereocenters. The maximum Gasteiger partial charge on any atom is 0.135 e. The number of hydrogen-bond acceptors (Lipinski definition) is 4. The molecule has 0 atom stereocenters. The third-order valence-electron chi connectivity index (χ3n) is 1.43. The van der Waals surface area contributed by atoms with Gasteiger partial charge in [-0.1, -0.05) is 35.5 Å². The van der Waals surface area contributed by atoms with E-state index in [2.05, 4.69) is 14.9 Å². The van der Waals surface area contributed by atoms with Gasteiger partial charge in [-0.3, -0.25) is 0 Å². The normalized spacial score (nSPS) is 9.00. The SMILES string of the molecule is N.c1ccc(-c2cnon2)cc1. The highest BCUT2D eigenvalue weighted by molar-refractivity contribution is 5.56. The van der Waals surface area contributed by atoms with Gasteiger partial charge in [-0.15, -0.1) is 0 Å². The topological polar surface area (TPSA) is 73.9 Å². The zero-order valence-electron chi connectivity index (χ0n) is 6.47. The minimum absolute atomic E-state index is 0. The average Bonchev–Trinajstić information content (AvgIpc) is 2.58. The highest BCUT2D eigenvalue weighted by atomic mass is 16.6. The first-order valence-electron chi connectivity index (χ1n) is 3.30. The van der Waals surface area contributed by atoms with Crippen LogP contribution >= 0.6 is 0 Å². The van der Waals surface area contributed by atoms with Crippen LogP contribution in [0.5, 0.6) is 0 Å². The first-order valence-corrected chi connectivity index (χ1v) is 3.30. The van der Waals surface area contributed by atoms with Crippen molar-refractivity contribution in [2.75, 3.05) is 0 Å². The number of aromatic nitrogens is 2. The second-order valence-electron chi connectivity index (χ2n) is 2.16. The lowest BCUT2D eigenvalue weighted by atomic mass is 10.2. The number of nitrogens with zero attached hydrogens (tertiary/aromatic N) is 2. The van der Waals surface area contributed by atoms with Gasteiger partial charge in [0.15, 0.2) is 0 Å². The fourth-order valence-electron chi connectivity index (χ4n) is 0.901. The van der Waals surface area contributed by atoms with E-state index in [0.29, 0.717) is 0 Å². The van der Waals surface area contributed by atoms with Gasteiger partial charge in [-0.05, 0) is 5.16 Å². The zero-order chi connectivity index (χ0) is 7.52. The number of hydrogen-bond donors (Lipinski definition) is 1. The minimum Gasteiger partial charge on any atom is -0.344 e. The van der Waals surface area contributed by atoms with Crippen molar-refractivity contribution in [3.8, 4) is 11.3 Å². The van der Waals surface area contributed by atoms with E-state index in [1.807, 2.05) is 30.3 Å². The second kappa shape index (κ2) is 3.64. The molecule has 4 nitrogen and oxygen atoms in total. The molecule has 1 aromatic heterocycles. The molecule has 62 valence electrons. The standard InChI is InChI=1S/C8H6N2O.H3N/c1-2-4-7(5-3-1)8-6-9-11-10-8;/h1-6H;1H3. The van der Waals surface area contributed by atoms with Crippen LogP contribution in [-0.4, -0.2) is 10.3 Å². The molecule has 0 fully saturated rings. The van der Waals surface area contributed by atoms with Gasteiger partial charge in [0, 0.05) is 5.56 Å². The smallest absolute Gasteiger partial charge is 0.135 e. The highest BCUT2D eigenvalue weighted by Gasteiger charge is 1.98. The Hall–Kier alpha value is -1.68. The highest BCUT2D eigenvalue weighted by Crippen LogP contribution is 2.13. The molecule has 0 radical (unpaired) electrons. The molecule has 12 heavy (non-hydrogen) atoms. The van der Waals surface area contributed by atoms with E-state index < -0.39 is 0 Å². The lowest BCUT2D eigenvalue weighted by Gasteiger charge is -1.89. The summed E-state index contributed by atoms with van der Waals surface area (Å²) in [5.41, 5.74) is 1.79. The van der Waals surface area contributed by atoms with Gasteiger partial charge in [0.25, 0.3) is 0 Å². The van der Waals surface area contributed by atoms with Crippen molar-refractivity contribution in [1.29, 1.82) is 0 Å². The summed E-state index contributed by atoms with van der Waals surface area (Å²) < 4.78 is 4.47. The Balaban J connectivity index is 0.000000720. The molecule has 0 spiro atoms. The van der Waals surface area contributed by atoms with Crippen LogP contribution in [0.4, 0.5) is 0 Å². The van der Waals surface area contributed by atoms with Crippen LogP contribution in [0.15, 0.2) is 41.2 Å². The molecule has 4 heteroatoms. The predicted octanol–water partition coefficient (Wildman–Crippen LogP) is 1.90. The van der Waals surface area contributed by atoms with Crippen molar-refractivity contribution < 1.29 is 4.63 Å². The summed E-state index contributed by atoms with van der Waals surface area (Å²) in [6.45, 7) is 0. The van der Waals surface area contributed by atoms with Crippen LogP contribution in [0.25, 0.3) is 11.3 Å². The molecule has 2 aromatic rings. The number of benzene rings is 1. The van der Waals surface area contributed by atoms with E-state index in [1.165, 1.54) is 0 Å². The molecule has 0 saturated carbocycles. The number of rotatable bonds is 1. The Morgan fingerprint density at radius 1 is 1.08 bits per heavy atom. The van der Waals surface area contributed by atoms with Crippen LogP contribution in [0.2, 0.25) is 0 Å². The van der Waals surface area contributed by atoms with Crippen molar-refractivity contribution in [3.05, 3.63) is 36.5 Å². The molecular weight excluding hydrogens is 154 g/mol. The first kappa shape index (κ1) is 8.42. The summed E-state index contributed by atoms with van der Waals surface area (Å²) in [7, 11) is 0. The van der Waals surface area contributed by atoms with Gasteiger partial charge in [0.1, 0.15) is 5.69 Å². The van der Waals surface area contributed by atoms with Gasteiger partial charge in [-0.25, -0.2) is 4.63 Å². The second-order valence-corrected chi connectivity index (χ2v) is 2.16. The van der Waals surface area contributed by atoms with Crippen molar-refractivity contribution in [2.24, 2.45) is 0 Å². The maximum absolute atomic E-state index is 4.47. The first-order chi connectivity index (χ1) is 5.47. The van der Waals surface area contributed by atoms with E-state index in [0.717, 1.165) is 11.3 Å². The molecule has 0 aliphatic carbocycles. The Morgan fingerprint density at radius 2 is 1.83 bits per heavy atom. The molecule has 2 rings (SSSR count). The van der Waals surface area contributed by atoms with Crippen LogP contribution < -0.4 is 6.15 Å². The van der Waals surface area contributed by atoms with E-state index in [4.69, 9.17) is 0 Å². The average molecular weight is 163 g/mol. The van der Waals surface area contributed by atoms with Crippen LogP contribution in [0.1, 0.15) is 0 Å². The van der Waals surface area contributed by atoms with Crippen molar-refractivity contribution in [1.82, 2.24) is 16.5 Å². The van der Waals surface area contributed by atoms with Gasteiger partial charge >= 0.3 is 0 Å². The predicted molar refractivity (Wildman–Crippen MR) is 44.8 cm³/mol. The summed E-state index contributed by atoms with van der Waals surface area (Å²) >= 11 is 0. The van der Waals surface area contributed by atoms with Gasteiger partial charge < -0.3 is 6.15 Å². The fourth-order valence-corrected chi connectivity index (χ4v) is 0.901. The Bertz CT molecular complexity index is 317. The van der Waals surface area contributed by atoms with E-state index in [1.54, 1.807) is 6.20 Å². The summed E-state index contributed by atoms with van der Waals surface area (Å²) in [6, 6.07) is 9.77.